The van der Waals surface area contributed by atoms with E-state index in [2.05, 4.69) is 17.6 Å². The van der Waals surface area contributed by atoms with E-state index >= 15 is 0 Å². The molecule has 3 N–H and O–H groups in total. The molecule has 4 atom stereocenters. The normalized spacial score (nSPS) is 22.3. The minimum atomic E-state index is -0.323. The van der Waals surface area contributed by atoms with Gasteiger partial charge in [-0.1, -0.05) is 49.0 Å². The number of quaternary nitrogens is 1. The lowest BCUT2D eigenvalue weighted by atomic mass is 9.86. The van der Waals surface area contributed by atoms with Gasteiger partial charge in [0, 0.05) is 6.04 Å². The first-order valence-corrected chi connectivity index (χ1v) is 9.91. The first-order chi connectivity index (χ1) is 12.3. The monoisotopic (exact) mass is 400 g/mol. The Morgan fingerprint density at radius 2 is 1.85 bits per heavy atom. The summed E-state index contributed by atoms with van der Waals surface area (Å²) in [5.74, 6) is 0.263. The zero-order chi connectivity index (χ0) is 19.3. The summed E-state index contributed by atoms with van der Waals surface area (Å²) in [4.78, 5) is 25.7. The first-order valence-electron chi connectivity index (χ1n) is 9.16. The number of carbonyl (C=O) groups is 2. The van der Waals surface area contributed by atoms with E-state index in [1.807, 2.05) is 14.0 Å². The maximum Gasteiger partial charge on any atom is 0.279 e. The Bertz CT molecular complexity index is 633. The standard InChI is InChI=1S/C19H27Cl2N3O2/c1-12-7-4-5-10-16(12)22-19(26)13(2)24(3)11-17(25)23-18-14(20)8-6-9-15(18)21/h6,8-9,12-13,16H,4-5,7,10-11H2,1-3H3,(H,22,26)(H,23,25)/p+1/t12-,13+,16-/m0/s1. The Kier molecular flexibility index (Phi) is 7.74. The predicted octanol–water partition coefficient (Wildman–Crippen LogP) is 2.53. The van der Waals surface area contributed by atoms with Crippen LogP contribution in [0.25, 0.3) is 0 Å². The fourth-order valence-corrected chi connectivity index (χ4v) is 3.76. The van der Waals surface area contributed by atoms with Gasteiger partial charge in [-0.25, -0.2) is 0 Å². The van der Waals surface area contributed by atoms with Crippen LogP contribution in [0.4, 0.5) is 5.69 Å². The summed E-state index contributed by atoms with van der Waals surface area (Å²) in [6.07, 6.45) is 4.58. The molecule has 1 fully saturated rings. The number of hydrogen-bond donors (Lipinski definition) is 3. The van der Waals surface area contributed by atoms with Gasteiger partial charge < -0.3 is 15.5 Å². The van der Waals surface area contributed by atoms with Gasteiger partial charge in [0.2, 0.25) is 0 Å². The fraction of sp³-hybridized carbons (Fsp3) is 0.579. The van der Waals surface area contributed by atoms with Crippen molar-refractivity contribution in [2.75, 3.05) is 18.9 Å². The largest absolute Gasteiger partial charge is 0.348 e. The van der Waals surface area contributed by atoms with Gasteiger partial charge in [-0.15, -0.1) is 0 Å². The van der Waals surface area contributed by atoms with Crippen molar-refractivity contribution in [3.05, 3.63) is 28.2 Å². The SMILES string of the molecule is C[C@H](C(=O)N[C@H]1CCCC[C@@H]1C)[NH+](C)CC(=O)Nc1c(Cl)cccc1Cl. The van der Waals surface area contributed by atoms with Gasteiger partial charge in [0.25, 0.3) is 11.8 Å². The Labute approximate surface area is 165 Å². The van der Waals surface area contributed by atoms with Crippen LogP contribution in [-0.2, 0) is 9.59 Å². The highest BCUT2D eigenvalue weighted by atomic mass is 35.5. The summed E-state index contributed by atoms with van der Waals surface area (Å²) in [5, 5.41) is 6.67. The molecule has 0 spiro atoms. The van der Waals surface area contributed by atoms with E-state index in [0.717, 1.165) is 24.2 Å². The average Bonchev–Trinajstić information content (AvgIpc) is 2.59. The number of nitrogens with one attached hydrogen (secondary N) is 3. The van der Waals surface area contributed by atoms with Gasteiger partial charge in [-0.2, -0.15) is 0 Å². The molecule has 5 nitrogen and oxygen atoms in total. The van der Waals surface area contributed by atoms with Crippen molar-refractivity contribution in [1.29, 1.82) is 0 Å². The molecular weight excluding hydrogens is 373 g/mol. The van der Waals surface area contributed by atoms with Crippen LogP contribution < -0.4 is 15.5 Å². The number of halogens is 2. The van der Waals surface area contributed by atoms with Crippen LogP contribution in [0.2, 0.25) is 10.0 Å². The van der Waals surface area contributed by atoms with Gasteiger partial charge in [0.05, 0.1) is 22.8 Å². The van der Waals surface area contributed by atoms with Crippen molar-refractivity contribution in [1.82, 2.24) is 5.32 Å². The minimum Gasteiger partial charge on any atom is -0.348 e. The minimum absolute atomic E-state index is 0.00942. The summed E-state index contributed by atoms with van der Waals surface area (Å²) in [6.45, 7) is 4.18. The lowest BCUT2D eigenvalue weighted by Gasteiger charge is -2.31. The number of benzene rings is 1. The summed E-state index contributed by atoms with van der Waals surface area (Å²) >= 11 is 12.2. The molecule has 0 saturated heterocycles. The number of carbonyl (C=O) groups excluding carboxylic acids is 2. The average molecular weight is 401 g/mol. The van der Waals surface area contributed by atoms with Crippen LogP contribution in [-0.4, -0.2) is 37.5 Å². The maximum atomic E-state index is 12.5. The van der Waals surface area contributed by atoms with E-state index in [4.69, 9.17) is 23.2 Å². The molecule has 26 heavy (non-hydrogen) atoms. The van der Waals surface area contributed by atoms with Crippen molar-refractivity contribution in [2.24, 2.45) is 5.92 Å². The Morgan fingerprint density at radius 3 is 2.46 bits per heavy atom. The van der Waals surface area contributed by atoms with Crippen molar-refractivity contribution in [2.45, 2.75) is 51.6 Å². The van der Waals surface area contributed by atoms with E-state index in [-0.39, 0.29) is 30.4 Å². The highest BCUT2D eigenvalue weighted by molar-refractivity contribution is 6.39. The molecule has 0 aromatic heterocycles. The van der Waals surface area contributed by atoms with Crippen molar-refractivity contribution >= 4 is 40.7 Å². The number of likely N-dealkylation sites (N-methyl/N-ethyl adjacent to an activating group) is 1. The Balaban J connectivity index is 1.88. The number of anilines is 1. The molecule has 0 heterocycles. The second-order valence-electron chi connectivity index (χ2n) is 7.27. The summed E-state index contributed by atoms with van der Waals surface area (Å²) in [7, 11) is 1.84. The summed E-state index contributed by atoms with van der Waals surface area (Å²) < 4.78 is 0. The third-order valence-electron chi connectivity index (χ3n) is 5.24. The van der Waals surface area contributed by atoms with Crippen molar-refractivity contribution in [3.8, 4) is 0 Å². The molecule has 1 aliphatic carbocycles. The van der Waals surface area contributed by atoms with Crippen LogP contribution >= 0.6 is 23.2 Å². The first kappa shape index (κ1) is 21.0. The van der Waals surface area contributed by atoms with Gasteiger partial charge in [0.15, 0.2) is 12.6 Å². The second-order valence-corrected chi connectivity index (χ2v) is 8.08. The number of hydrogen-bond acceptors (Lipinski definition) is 2. The lowest BCUT2D eigenvalue weighted by Crippen LogP contribution is -3.15. The van der Waals surface area contributed by atoms with E-state index in [9.17, 15) is 9.59 Å². The van der Waals surface area contributed by atoms with Crippen molar-refractivity contribution < 1.29 is 14.5 Å². The molecular formula is C19H28Cl2N3O2+. The molecule has 1 unspecified atom stereocenters. The van der Waals surface area contributed by atoms with Gasteiger partial charge in [-0.05, 0) is 37.8 Å². The third-order valence-corrected chi connectivity index (χ3v) is 5.87. The molecule has 2 amide bonds. The van der Waals surface area contributed by atoms with Gasteiger partial charge in [0.1, 0.15) is 0 Å². The summed E-state index contributed by atoms with van der Waals surface area (Å²) in [6, 6.07) is 4.97. The van der Waals surface area contributed by atoms with E-state index in [1.54, 1.807) is 18.2 Å². The molecule has 0 radical (unpaired) electrons. The highest BCUT2D eigenvalue weighted by Gasteiger charge is 2.29. The number of amides is 2. The molecule has 1 aromatic carbocycles. The molecule has 7 heteroatoms. The number of rotatable bonds is 6. The molecule has 2 rings (SSSR count). The van der Waals surface area contributed by atoms with Crippen LogP contribution in [0.5, 0.6) is 0 Å². The van der Waals surface area contributed by atoms with E-state index < -0.39 is 0 Å². The van der Waals surface area contributed by atoms with Crippen LogP contribution in [0.15, 0.2) is 18.2 Å². The topological polar surface area (TPSA) is 62.6 Å². The van der Waals surface area contributed by atoms with E-state index in [1.165, 1.54) is 6.42 Å². The van der Waals surface area contributed by atoms with Crippen LogP contribution in [0, 0.1) is 5.92 Å². The zero-order valence-electron chi connectivity index (χ0n) is 15.6. The quantitative estimate of drug-likeness (QED) is 0.686. The fourth-order valence-electron chi connectivity index (χ4n) is 3.27. The highest BCUT2D eigenvalue weighted by Crippen LogP contribution is 2.29. The molecule has 0 aliphatic heterocycles. The predicted molar refractivity (Wildman–Crippen MR) is 106 cm³/mol. The maximum absolute atomic E-state index is 12.5. The molecule has 1 aliphatic rings. The Morgan fingerprint density at radius 1 is 1.23 bits per heavy atom. The van der Waals surface area contributed by atoms with Crippen molar-refractivity contribution in [3.63, 3.8) is 0 Å². The Hall–Kier alpha value is -1.30. The molecule has 1 saturated carbocycles. The van der Waals surface area contributed by atoms with Gasteiger partial charge in [-0.3, -0.25) is 9.59 Å². The van der Waals surface area contributed by atoms with E-state index in [0.29, 0.717) is 21.7 Å². The summed E-state index contributed by atoms with van der Waals surface area (Å²) in [5.41, 5.74) is 0.404. The van der Waals surface area contributed by atoms with Crippen LogP contribution in [0.1, 0.15) is 39.5 Å². The zero-order valence-corrected chi connectivity index (χ0v) is 17.1. The second kappa shape index (κ2) is 9.58. The molecule has 144 valence electrons. The molecule has 1 aromatic rings. The van der Waals surface area contributed by atoms with Gasteiger partial charge >= 0.3 is 0 Å². The number of para-hydroxylation sites is 1. The third kappa shape index (κ3) is 5.60. The molecule has 0 bridgehead atoms. The lowest BCUT2D eigenvalue weighted by molar-refractivity contribution is -0.885. The van der Waals surface area contributed by atoms with Crippen LogP contribution in [0.3, 0.4) is 0 Å². The smallest absolute Gasteiger partial charge is 0.279 e.